The third kappa shape index (κ3) is 2.49. The Morgan fingerprint density at radius 3 is 2.71 bits per heavy atom. The van der Waals surface area contributed by atoms with Crippen molar-refractivity contribution in [2.24, 2.45) is 0 Å². The SMILES string of the molecule is CCc1c(N)noc1CCc1ccccc1C. The van der Waals surface area contributed by atoms with E-state index in [0.29, 0.717) is 5.82 Å². The van der Waals surface area contributed by atoms with E-state index in [2.05, 4.69) is 43.3 Å². The van der Waals surface area contributed by atoms with Gasteiger partial charge in [0.25, 0.3) is 0 Å². The van der Waals surface area contributed by atoms with Crippen LogP contribution in [0.3, 0.4) is 0 Å². The quantitative estimate of drug-likeness (QED) is 0.878. The number of rotatable bonds is 4. The summed E-state index contributed by atoms with van der Waals surface area (Å²) in [4.78, 5) is 0. The van der Waals surface area contributed by atoms with Crippen LogP contribution in [0.4, 0.5) is 5.82 Å². The summed E-state index contributed by atoms with van der Waals surface area (Å²) >= 11 is 0. The zero-order chi connectivity index (χ0) is 12.3. The van der Waals surface area contributed by atoms with Crippen molar-refractivity contribution in [3.63, 3.8) is 0 Å². The minimum absolute atomic E-state index is 0.535. The number of hydrogen-bond acceptors (Lipinski definition) is 3. The van der Waals surface area contributed by atoms with Crippen molar-refractivity contribution < 1.29 is 4.52 Å². The van der Waals surface area contributed by atoms with E-state index in [1.807, 2.05) is 0 Å². The highest BCUT2D eigenvalue weighted by atomic mass is 16.5. The molecule has 17 heavy (non-hydrogen) atoms. The molecule has 2 aromatic rings. The van der Waals surface area contributed by atoms with E-state index in [4.69, 9.17) is 10.3 Å². The van der Waals surface area contributed by atoms with Crippen molar-refractivity contribution in [2.45, 2.75) is 33.1 Å². The lowest BCUT2D eigenvalue weighted by Crippen LogP contribution is -1.97. The summed E-state index contributed by atoms with van der Waals surface area (Å²) in [5.74, 6) is 1.46. The fourth-order valence-corrected chi connectivity index (χ4v) is 2.07. The molecule has 0 fully saturated rings. The zero-order valence-corrected chi connectivity index (χ0v) is 10.4. The summed E-state index contributed by atoms with van der Waals surface area (Å²) in [5, 5.41) is 3.82. The van der Waals surface area contributed by atoms with Crippen molar-refractivity contribution in [3.05, 3.63) is 46.7 Å². The van der Waals surface area contributed by atoms with Gasteiger partial charge in [0.2, 0.25) is 0 Å². The summed E-state index contributed by atoms with van der Waals surface area (Å²) in [7, 11) is 0. The topological polar surface area (TPSA) is 52.0 Å². The van der Waals surface area contributed by atoms with Crippen LogP contribution in [0, 0.1) is 6.92 Å². The Morgan fingerprint density at radius 2 is 2.00 bits per heavy atom. The van der Waals surface area contributed by atoms with Gasteiger partial charge < -0.3 is 10.3 Å². The number of aromatic nitrogens is 1. The van der Waals surface area contributed by atoms with Crippen molar-refractivity contribution in [1.82, 2.24) is 5.16 Å². The van der Waals surface area contributed by atoms with Crippen molar-refractivity contribution in [3.8, 4) is 0 Å². The first-order chi connectivity index (χ1) is 8.22. The summed E-state index contributed by atoms with van der Waals surface area (Å²) in [6.45, 7) is 4.20. The molecule has 1 aromatic carbocycles. The number of nitrogens with zero attached hydrogens (tertiary/aromatic N) is 1. The van der Waals surface area contributed by atoms with E-state index in [1.165, 1.54) is 11.1 Å². The average molecular weight is 230 g/mol. The van der Waals surface area contributed by atoms with Crippen molar-refractivity contribution in [1.29, 1.82) is 0 Å². The second kappa shape index (κ2) is 5.04. The largest absolute Gasteiger partial charge is 0.381 e. The van der Waals surface area contributed by atoms with Gasteiger partial charge in [-0.05, 0) is 30.9 Å². The molecule has 0 saturated carbocycles. The predicted molar refractivity (Wildman–Crippen MR) is 68.9 cm³/mol. The van der Waals surface area contributed by atoms with Crippen LogP contribution in [0.15, 0.2) is 28.8 Å². The second-order valence-electron chi connectivity index (χ2n) is 4.25. The molecule has 2 N–H and O–H groups in total. The fourth-order valence-electron chi connectivity index (χ4n) is 2.07. The molecule has 90 valence electrons. The van der Waals surface area contributed by atoms with E-state index < -0.39 is 0 Å². The van der Waals surface area contributed by atoms with Crippen molar-refractivity contribution in [2.75, 3.05) is 5.73 Å². The normalized spacial score (nSPS) is 10.7. The number of aryl methyl sites for hydroxylation is 3. The van der Waals surface area contributed by atoms with E-state index in [-0.39, 0.29) is 0 Å². The molecule has 0 spiro atoms. The first kappa shape index (κ1) is 11.7. The smallest absolute Gasteiger partial charge is 0.170 e. The molecule has 2 rings (SSSR count). The molecular formula is C14H18N2O. The zero-order valence-electron chi connectivity index (χ0n) is 10.4. The molecule has 3 nitrogen and oxygen atoms in total. The van der Waals surface area contributed by atoms with Gasteiger partial charge in [-0.15, -0.1) is 0 Å². The lowest BCUT2D eigenvalue weighted by molar-refractivity contribution is 0.384. The Balaban J connectivity index is 2.10. The highest BCUT2D eigenvalue weighted by Crippen LogP contribution is 2.19. The van der Waals surface area contributed by atoms with Crippen LogP contribution in [0.5, 0.6) is 0 Å². The van der Waals surface area contributed by atoms with Gasteiger partial charge in [-0.3, -0.25) is 0 Å². The molecule has 0 atom stereocenters. The van der Waals surface area contributed by atoms with Crippen LogP contribution in [-0.2, 0) is 19.3 Å². The van der Waals surface area contributed by atoms with Crippen LogP contribution in [-0.4, -0.2) is 5.16 Å². The van der Waals surface area contributed by atoms with E-state index in [0.717, 1.165) is 30.6 Å². The molecule has 0 unspecified atom stereocenters. The second-order valence-corrected chi connectivity index (χ2v) is 4.25. The van der Waals surface area contributed by atoms with Gasteiger partial charge >= 0.3 is 0 Å². The average Bonchev–Trinajstić information content (AvgIpc) is 2.69. The number of nitrogen functional groups attached to an aromatic ring is 1. The maximum absolute atomic E-state index is 5.75. The number of hydrogen-bond donors (Lipinski definition) is 1. The molecular weight excluding hydrogens is 212 g/mol. The van der Waals surface area contributed by atoms with E-state index in [9.17, 15) is 0 Å². The molecule has 0 radical (unpaired) electrons. The van der Waals surface area contributed by atoms with Crippen LogP contribution < -0.4 is 5.73 Å². The van der Waals surface area contributed by atoms with Crippen LogP contribution in [0.1, 0.15) is 29.4 Å². The first-order valence-electron chi connectivity index (χ1n) is 5.99. The summed E-state index contributed by atoms with van der Waals surface area (Å²) in [6.07, 6.45) is 2.70. The summed E-state index contributed by atoms with van der Waals surface area (Å²) in [5.41, 5.74) is 9.47. The maximum atomic E-state index is 5.75. The van der Waals surface area contributed by atoms with Gasteiger partial charge in [0.05, 0.1) is 0 Å². The predicted octanol–water partition coefficient (Wildman–Crippen LogP) is 2.91. The summed E-state index contributed by atoms with van der Waals surface area (Å²) < 4.78 is 5.27. The Kier molecular flexibility index (Phi) is 3.47. The minimum atomic E-state index is 0.535. The lowest BCUT2D eigenvalue weighted by atomic mass is 10.0. The third-order valence-corrected chi connectivity index (χ3v) is 3.14. The Morgan fingerprint density at radius 1 is 1.24 bits per heavy atom. The van der Waals surface area contributed by atoms with Crippen LogP contribution in [0.25, 0.3) is 0 Å². The molecule has 1 heterocycles. The first-order valence-corrected chi connectivity index (χ1v) is 5.99. The molecule has 0 amide bonds. The molecule has 0 aliphatic rings. The highest BCUT2D eigenvalue weighted by molar-refractivity contribution is 5.40. The van der Waals surface area contributed by atoms with Gasteiger partial charge in [0.1, 0.15) is 5.76 Å². The molecule has 1 aromatic heterocycles. The third-order valence-electron chi connectivity index (χ3n) is 3.14. The number of benzene rings is 1. The number of nitrogens with two attached hydrogens (primary N) is 1. The van der Waals surface area contributed by atoms with Gasteiger partial charge in [-0.2, -0.15) is 0 Å². The lowest BCUT2D eigenvalue weighted by Gasteiger charge is -2.04. The molecule has 0 aliphatic heterocycles. The standard InChI is InChI=1S/C14H18N2O/c1-3-12-13(17-16-14(12)15)9-8-11-7-5-4-6-10(11)2/h4-7H,3,8-9H2,1-2H3,(H2,15,16). The minimum Gasteiger partial charge on any atom is -0.381 e. The highest BCUT2D eigenvalue weighted by Gasteiger charge is 2.11. The number of anilines is 1. The van der Waals surface area contributed by atoms with E-state index in [1.54, 1.807) is 0 Å². The Bertz CT molecular complexity index is 503. The summed E-state index contributed by atoms with van der Waals surface area (Å²) in [6, 6.07) is 8.41. The molecule has 0 saturated heterocycles. The van der Waals surface area contributed by atoms with Gasteiger partial charge in [-0.1, -0.05) is 36.3 Å². The molecule has 0 bridgehead atoms. The Hall–Kier alpha value is -1.77. The molecule has 3 heteroatoms. The molecule has 0 aliphatic carbocycles. The monoisotopic (exact) mass is 230 g/mol. The van der Waals surface area contributed by atoms with Gasteiger partial charge in [0.15, 0.2) is 5.82 Å². The van der Waals surface area contributed by atoms with Gasteiger partial charge in [0, 0.05) is 12.0 Å². The fraction of sp³-hybridized carbons (Fsp3) is 0.357. The van der Waals surface area contributed by atoms with Crippen LogP contribution in [0.2, 0.25) is 0 Å². The van der Waals surface area contributed by atoms with E-state index >= 15 is 0 Å². The Labute approximate surface area is 102 Å². The van der Waals surface area contributed by atoms with Gasteiger partial charge in [-0.25, -0.2) is 0 Å². The maximum Gasteiger partial charge on any atom is 0.170 e. The van der Waals surface area contributed by atoms with Crippen molar-refractivity contribution >= 4 is 5.82 Å². The van der Waals surface area contributed by atoms with Crippen LogP contribution >= 0.6 is 0 Å².